The lowest BCUT2D eigenvalue weighted by Gasteiger charge is -2.33. The summed E-state index contributed by atoms with van der Waals surface area (Å²) in [7, 11) is 0. The topological polar surface area (TPSA) is 15.6 Å². The van der Waals surface area contributed by atoms with E-state index in [1.807, 2.05) is 0 Å². The van der Waals surface area contributed by atoms with Crippen molar-refractivity contribution in [2.45, 2.75) is 51.6 Å². The van der Waals surface area contributed by atoms with E-state index >= 15 is 0 Å². The Hall–Kier alpha value is -1.31. The Kier molecular flexibility index (Phi) is 3.35. The van der Waals surface area contributed by atoms with Crippen molar-refractivity contribution in [3.8, 4) is 0 Å². The second-order valence-corrected chi connectivity index (χ2v) is 5.37. The van der Waals surface area contributed by atoms with Crippen LogP contribution < -0.4 is 0 Å². The van der Waals surface area contributed by atoms with Gasteiger partial charge in [-0.1, -0.05) is 43.5 Å². The summed E-state index contributed by atoms with van der Waals surface area (Å²) in [6.07, 6.45) is 6.87. The molecule has 1 saturated carbocycles. The van der Waals surface area contributed by atoms with E-state index in [2.05, 4.69) is 36.1 Å². The zero-order valence-corrected chi connectivity index (χ0v) is 11.2. The van der Waals surface area contributed by atoms with Gasteiger partial charge in [-0.25, -0.2) is 0 Å². The number of rotatable bonds is 2. The first-order valence-corrected chi connectivity index (χ1v) is 7.29. The number of hydrogen-bond donors (Lipinski definition) is 0. The van der Waals surface area contributed by atoms with Crippen LogP contribution in [0.3, 0.4) is 0 Å². The molecule has 0 atom stereocenters. The van der Waals surface area contributed by atoms with E-state index in [0.29, 0.717) is 0 Å². The minimum atomic E-state index is 0.719. The highest BCUT2D eigenvalue weighted by atomic mass is 15.2. The number of aliphatic imine (C=N–C) groups is 1. The Morgan fingerprint density at radius 2 is 1.94 bits per heavy atom. The van der Waals surface area contributed by atoms with Crippen LogP contribution in [0, 0.1) is 0 Å². The number of nitrogens with zero attached hydrogens (tertiary/aromatic N) is 2. The summed E-state index contributed by atoms with van der Waals surface area (Å²) < 4.78 is 0. The summed E-state index contributed by atoms with van der Waals surface area (Å²) in [5, 5.41) is 0. The van der Waals surface area contributed by atoms with Crippen LogP contribution in [0.25, 0.3) is 0 Å². The molecule has 0 aromatic heterocycles. The van der Waals surface area contributed by atoms with E-state index in [9.17, 15) is 0 Å². The van der Waals surface area contributed by atoms with Crippen molar-refractivity contribution in [2.24, 2.45) is 4.99 Å². The molecule has 0 saturated heterocycles. The monoisotopic (exact) mass is 242 g/mol. The van der Waals surface area contributed by atoms with Gasteiger partial charge >= 0.3 is 0 Å². The molecule has 96 valence electrons. The van der Waals surface area contributed by atoms with Crippen molar-refractivity contribution in [1.29, 1.82) is 0 Å². The number of hydrogen-bond acceptors (Lipinski definition) is 1. The maximum absolute atomic E-state index is 4.76. The van der Waals surface area contributed by atoms with Gasteiger partial charge in [0.2, 0.25) is 0 Å². The van der Waals surface area contributed by atoms with E-state index in [4.69, 9.17) is 4.99 Å². The van der Waals surface area contributed by atoms with Gasteiger partial charge in [0.1, 0.15) is 5.84 Å². The quantitative estimate of drug-likeness (QED) is 0.773. The second kappa shape index (κ2) is 5.13. The average Bonchev–Trinajstić information content (AvgIpc) is 2.80. The zero-order chi connectivity index (χ0) is 12.4. The molecule has 1 heterocycles. The number of benzene rings is 1. The molecule has 18 heavy (non-hydrogen) atoms. The SMILES string of the molecule is CCN=C1c2ccccc2CN1C1CCCCC1. The van der Waals surface area contributed by atoms with Crippen LogP contribution in [0.4, 0.5) is 0 Å². The molecule has 0 amide bonds. The summed E-state index contributed by atoms with van der Waals surface area (Å²) in [5.41, 5.74) is 2.82. The summed E-state index contributed by atoms with van der Waals surface area (Å²) in [6.45, 7) is 4.08. The maximum Gasteiger partial charge on any atom is 0.131 e. The molecule has 1 aliphatic carbocycles. The van der Waals surface area contributed by atoms with Gasteiger partial charge in [0.25, 0.3) is 0 Å². The summed E-state index contributed by atoms with van der Waals surface area (Å²) in [4.78, 5) is 7.33. The third-order valence-electron chi connectivity index (χ3n) is 4.19. The first-order valence-electron chi connectivity index (χ1n) is 7.29. The minimum absolute atomic E-state index is 0.719. The molecule has 2 aliphatic rings. The van der Waals surface area contributed by atoms with Crippen molar-refractivity contribution in [3.05, 3.63) is 35.4 Å². The zero-order valence-electron chi connectivity index (χ0n) is 11.2. The molecule has 1 fully saturated rings. The van der Waals surface area contributed by atoms with Gasteiger partial charge in [0.05, 0.1) is 0 Å². The first-order chi connectivity index (χ1) is 8.90. The van der Waals surface area contributed by atoms with Crippen LogP contribution in [0.5, 0.6) is 0 Å². The van der Waals surface area contributed by atoms with E-state index in [-0.39, 0.29) is 0 Å². The lowest BCUT2D eigenvalue weighted by Crippen LogP contribution is -2.37. The number of fused-ring (bicyclic) bond motifs is 1. The molecule has 0 N–H and O–H groups in total. The summed E-state index contributed by atoms with van der Waals surface area (Å²) in [5.74, 6) is 1.25. The van der Waals surface area contributed by atoms with Crippen LogP contribution in [-0.4, -0.2) is 23.3 Å². The average molecular weight is 242 g/mol. The minimum Gasteiger partial charge on any atom is -0.349 e. The van der Waals surface area contributed by atoms with Crippen molar-refractivity contribution in [2.75, 3.05) is 6.54 Å². The fourth-order valence-corrected chi connectivity index (χ4v) is 3.31. The maximum atomic E-state index is 4.76. The lowest BCUT2D eigenvalue weighted by atomic mass is 9.94. The van der Waals surface area contributed by atoms with Crippen LogP contribution in [-0.2, 0) is 6.54 Å². The van der Waals surface area contributed by atoms with Gasteiger partial charge in [0, 0.05) is 24.7 Å². The highest BCUT2D eigenvalue weighted by Crippen LogP contribution is 2.31. The molecular weight excluding hydrogens is 220 g/mol. The van der Waals surface area contributed by atoms with E-state index in [1.165, 1.54) is 49.1 Å². The second-order valence-electron chi connectivity index (χ2n) is 5.37. The predicted octanol–water partition coefficient (Wildman–Crippen LogP) is 3.60. The first kappa shape index (κ1) is 11.8. The molecular formula is C16H22N2. The smallest absolute Gasteiger partial charge is 0.131 e. The Morgan fingerprint density at radius 3 is 2.72 bits per heavy atom. The molecule has 0 bridgehead atoms. The van der Waals surface area contributed by atoms with Gasteiger partial charge in [0.15, 0.2) is 0 Å². The highest BCUT2D eigenvalue weighted by Gasteiger charge is 2.30. The van der Waals surface area contributed by atoms with Gasteiger partial charge in [-0.2, -0.15) is 0 Å². The van der Waals surface area contributed by atoms with Crippen molar-refractivity contribution >= 4 is 5.84 Å². The van der Waals surface area contributed by atoms with Crippen LogP contribution >= 0.6 is 0 Å². The molecule has 2 nitrogen and oxygen atoms in total. The predicted molar refractivity (Wildman–Crippen MR) is 75.9 cm³/mol. The highest BCUT2D eigenvalue weighted by molar-refractivity contribution is 6.02. The molecule has 0 unspecified atom stereocenters. The van der Waals surface area contributed by atoms with Gasteiger partial charge in [-0.15, -0.1) is 0 Å². The van der Waals surface area contributed by atoms with Gasteiger partial charge in [-0.05, 0) is 25.3 Å². The Balaban J connectivity index is 1.90. The van der Waals surface area contributed by atoms with E-state index in [1.54, 1.807) is 0 Å². The van der Waals surface area contributed by atoms with Gasteiger partial charge < -0.3 is 4.90 Å². The summed E-state index contributed by atoms with van der Waals surface area (Å²) >= 11 is 0. The third-order valence-corrected chi connectivity index (χ3v) is 4.19. The third kappa shape index (κ3) is 2.05. The van der Waals surface area contributed by atoms with Gasteiger partial charge in [-0.3, -0.25) is 4.99 Å². The molecule has 3 rings (SSSR count). The van der Waals surface area contributed by atoms with Crippen molar-refractivity contribution in [3.63, 3.8) is 0 Å². The standard InChI is InChI=1S/C16H22N2/c1-2-17-16-15-11-7-6-8-13(15)12-18(16)14-9-4-3-5-10-14/h6-8,11,14H,2-5,9-10,12H2,1H3. The normalized spacial score (nSPS) is 22.5. The summed E-state index contributed by atoms with van der Waals surface area (Å²) in [6, 6.07) is 9.48. The Labute approximate surface area is 110 Å². The van der Waals surface area contributed by atoms with Crippen molar-refractivity contribution in [1.82, 2.24) is 4.90 Å². The van der Waals surface area contributed by atoms with Crippen LogP contribution in [0.2, 0.25) is 0 Å². The largest absolute Gasteiger partial charge is 0.349 e. The van der Waals surface area contributed by atoms with Crippen LogP contribution in [0.15, 0.2) is 29.3 Å². The molecule has 1 aliphatic heterocycles. The Bertz CT molecular complexity index is 444. The van der Waals surface area contributed by atoms with Crippen molar-refractivity contribution < 1.29 is 0 Å². The van der Waals surface area contributed by atoms with E-state index < -0.39 is 0 Å². The molecule has 1 aromatic carbocycles. The Morgan fingerprint density at radius 1 is 1.17 bits per heavy atom. The van der Waals surface area contributed by atoms with E-state index in [0.717, 1.165) is 19.1 Å². The molecule has 0 radical (unpaired) electrons. The fraction of sp³-hybridized carbons (Fsp3) is 0.562. The molecule has 2 heteroatoms. The van der Waals surface area contributed by atoms with Crippen LogP contribution in [0.1, 0.15) is 50.2 Å². The number of amidine groups is 1. The molecule has 1 aromatic rings. The lowest BCUT2D eigenvalue weighted by molar-refractivity contribution is 0.245. The fourth-order valence-electron chi connectivity index (χ4n) is 3.31. The molecule has 0 spiro atoms.